The van der Waals surface area contributed by atoms with Crippen LogP contribution in [0.15, 0.2) is 67.3 Å². The fourth-order valence-corrected chi connectivity index (χ4v) is 3.86. The van der Waals surface area contributed by atoms with Crippen LogP contribution in [0.4, 0.5) is 0 Å². The number of nitrogens with zero attached hydrogens (tertiary/aromatic N) is 4. The molecule has 0 aromatic carbocycles. The average molecular weight is 379 g/mol. The van der Waals surface area contributed by atoms with E-state index in [0.29, 0.717) is 13.2 Å². The van der Waals surface area contributed by atoms with Crippen molar-refractivity contribution in [1.29, 1.82) is 0 Å². The summed E-state index contributed by atoms with van der Waals surface area (Å²) in [6, 6.07) is 14.1. The zero-order valence-electron chi connectivity index (χ0n) is 15.0. The first-order valence-corrected chi connectivity index (χ1v) is 9.25. The van der Waals surface area contributed by atoms with E-state index in [1.165, 1.54) is 0 Å². The van der Waals surface area contributed by atoms with Crippen molar-refractivity contribution in [3.63, 3.8) is 0 Å². The van der Waals surface area contributed by atoms with Gasteiger partial charge in [-0.1, -0.05) is 6.07 Å². The fraction of sp³-hybridized carbons (Fsp3) is 0.250. The Morgan fingerprint density at radius 1 is 1.11 bits per heavy atom. The molecule has 4 heterocycles. The maximum absolute atomic E-state index is 5.65. The highest BCUT2D eigenvalue weighted by molar-refractivity contribution is 7.80. The van der Waals surface area contributed by atoms with Gasteiger partial charge >= 0.3 is 0 Å². The molecule has 0 unspecified atom stereocenters. The zero-order chi connectivity index (χ0) is 18.6. The van der Waals surface area contributed by atoms with E-state index in [4.69, 9.17) is 17.0 Å². The number of methoxy groups -OCH3 is 1. The predicted molar refractivity (Wildman–Crippen MR) is 108 cm³/mol. The molecular formula is C20H21N5OS. The number of aromatic nitrogens is 3. The highest BCUT2D eigenvalue weighted by Crippen LogP contribution is 2.39. The number of thiocarbonyl (C=S) groups is 1. The van der Waals surface area contributed by atoms with Crippen LogP contribution in [0.25, 0.3) is 5.69 Å². The third-order valence-electron chi connectivity index (χ3n) is 4.76. The van der Waals surface area contributed by atoms with E-state index in [9.17, 15) is 0 Å². The first-order valence-electron chi connectivity index (χ1n) is 8.84. The Bertz CT molecular complexity index is 899. The van der Waals surface area contributed by atoms with E-state index >= 15 is 0 Å². The third kappa shape index (κ3) is 3.43. The predicted octanol–water partition coefficient (Wildman–Crippen LogP) is 2.89. The van der Waals surface area contributed by atoms with Crippen molar-refractivity contribution >= 4 is 17.3 Å². The molecule has 0 radical (unpaired) electrons. The van der Waals surface area contributed by atoms with E-state index in [2.05, 4.69) is 43.1 Å². The molecule has 6 nitrogen and oxygen atoms in total. The van der Waals surface area contributed by atoms with Crippen molar-refractivity contribution in [2.75, 3.05) is 20.3 Å². The molecule has 1 aliphatic rings. The second-order valence-electron chi connectivity index (χ2n) is 6.32. The molecule has 1 saturated heterocycles. The van der Waals surface area contributed by atoms with Gasteiger partial charge in [-0.2, -0.15) is 0 Å². The maximum atomic E-state index is 5.65. The Morgan fingerprint density at radius 3 is 2.70 bits per heavy atom. The van der Waals surface area contributed by atoms with Crippen LogP contribution in [-0.2, 0) is 4.74 Å². The number of pyridine rings is 2. The van der Waals surface area contributed by atoms with E-state index in [0.717, 1.165) is 22.2 Å². The largest absolute Gasteiger partial charge is 0.383 e. The van der Waals surface area contributed by atoms with Gasteiger partial charge < -0.3 is 19.5 Å². The summed E-state index contributed by atoms with van der Waals surface area (Å²) in [5, 5.41) is 4.18. The molecule has 4 rings (SSSR count). The van der Waals surface area contributed by atoms with Crippen LogP contribution >= 0.6 is 12.2 Å². The molecule has 0 spiro atoms. The monoisotopic (exact) mass is 379 g/mol. The Morgan fingerprint density at radius 2 is 1.96 bits per heavy atom. The minimum Gasteiger partial charge on any atom is -0.383 e. The van der Waals surface area contributed by atoms with Gasteiger partial charge in [0.05, 0.1) is 24.4 Å². The molecule has 7 heteroatoms. The number of ether oxygens (including phenoxy) is 1. The highest BCUT2D eigenvalue weighted by atomic mass is 32.1. The molecule has 1 aliphatic heterocycles. The van der Waals surface area contributed by atoms with Gasteiger partial charge in [-0.15, -0.1) is 0 Å². The van der Waals surface area contributed by atoms with Gasteiger partial charge in [-0.05, 0) is 48.6 Å². The molecule has 1 N–H and O–H groups in total. The van der Waals surface area contributed by atoms with Gasteiger partial charge in [0.1, 0.15) is 0 Å². The summed E-state index contributed by atoms with van der Waals surface area (Å²) in [6.07, 6.45) is 7.48. The van der Waals surface area contributed by atoms with Gasteiger partial charge in [-0.3, -0.25) is 9.97 Å². The van der Waals surface area contributed by atoms with Gasteiger partial charge in [0.2, 0.25) is 0 Å². The summed E-state index contributed by atoms with van der Waals surface area (Å²) in [7, 11) is 1.71. The maximum Gasteiger partial charge on any atom is 0.170 e. The molecule has 0 aliphatic carbocycles. The van der Waals surface area contributed by atoms with Crippen LogP contribution in [0.1, 0.15) is 23.5 Å². The van der Waals surface area contributed by atoms with Crippen molar-refractivity contribution in [1.82, 2.24) is 24.8 Å². The minimum absolute atomic E-state index is 0.00529. The second kappa shape index (κ2) is 7.85. The Balaban J connectivity index is 1.78. The lowest BCUT2D eigenvalue weighted by molar-refractivity contribution is 0.163. The lowest BCUT2D eigenvalue weighted by Gasteiger charge is -2.28. The number of hydrogen-bond donors (Lipinski definition) is 1. The summed E-state index contributed by atoms with van der Waals surface area (Å²) in [5.74, 6) is 0. The molecule has 0 saturated carbocycles. The number of rotatable bonds is 6. The van der Waals surface area contributed by atoms with Crippen molar-refractivity contribution in [2.24, 2.45) is 0 Å². The summed E-state index contributed by atoms with van der Waals surface area (Å²) in [4.78, 5) is 10.9. The first-order chi connectivity index (χ1) is 13.3. The van der Waals surface area contributed by atoms with Crippen molar-refractivity contribution in [3.8, 4) is 5.69 Å². The van der Waals surface area contributed by atoms with Crippen LogP contribution in [0.2, 0.25) is 0 Å². The summed E-state index contributed by atoms with van der Waals surface area (Å²) < 4.78 is 7.49. The van der Waals surface area contributed by atoms with Crippen molar-refractivity contribution < 1.29 is 4.74 Å². The molecule has 3 aromatic heterocycles. The summed E-state index contributed by atoms with van der Waals surface area (Å²) in [6.45, 7) is 1.31. The van der Waals surface area contributed by atoms with Crippen LogP contribution in [0.5, 0.6) is 0 Å². The van der Waals surface area contributed by atoms with E-state index < -0.39 is 0 Å². The van der Waals surface area contributed by atoms with E-state index in [-0.39, 0.29) is 12.1 Å². The van der Waals surface area contributed by atoms with Crippen LogP contribution in [0.3, 0.4) is 0 Å². The van der Waals surface area contributed by atoms with Crippen LogP contribution in [-0.4, -0.2) is 44.8 Å². The van der Waals surface area contributed by atoms with Crippen LogP contribution < -0.4 is 5.32 Å². The standard InChI is InChI=1S/C20H21N5OS/c1-26-14-13-25-19(18(23-20(25)27)16-5-2-3-9-22-16)17-6-4-12-24(17)15-7-10-21-11-8-15/h2-12,18-19H,13-14H2,1H3,(H,23,27)/t18-,19+/m1/s1. The number of hydrogen-bond acceptors (Lipinski definition) is 4. The second-order valence-corrected chi connectivity index (χ2v) is 6.71. The van der Waals surface area contributed by atoms with Gasteiger partial charge in [0.15, 0.2) is 5.11 Å². The average Bonchev–Trinajstić information content (AvgIpc) is 3.32. The SMILES string of the molecule is COCCN1C(=S)N[C@H](c2ccccn2)[C@@H]1c1cccn1-c1ccncc1. The lowest BCUT2D eigenvalue weighted by Crippen LogP contribution is -2.33. The van der Waals surface area contributed by atoms with E-state index in [1.807, 2.05) is 36.5 Å². The normalized spacial score (nSPS) is 19.3. The van der Waals surface area contributed by atoms with Gasteiger partial charge in [0.25, 0.3) is 0 Å². The van der Waals surface area contributed by atoms with Gasteiger partial charge in [0, 0.05) is 49.8 Å². The summed E-state index contributed by atoms with van der Waals surface area (Å²) >= 11 is 5.65. The smallest absolute Gasteiger partial charge is 0.170 e. The Hall–Kier alpha value is -2.77. The molecule has 3 aromatic rings. The molecule has 2 atom stereocenters. The molecule has 138 valence electrons. The first kappa shape index (κ1) is 17.6. The lowest BCUT2D eigenvalue weighted by atomic mass is 10.0. The quantitative estimate of drug-likeness (QED) is 0.665. The van der Waals surface area contributed by atoms with Crippen molar-refractivity contribution in [3.05, 3.63) is 78.6 Å². The fourth-order valence-electron chi connectivity index (χ4n) is 3.53. The van der Waals surface area contributed by atoms with Crippen molar-refractivity contribution in [2.45, 2.75) is 12.1 Å². The molecule has 27 heavy (non-hydrogen) atoms. The minimum atomic E-state index is -0.0361. The van der Waals surface area contributed by atoms with Gasteiger partial charge in [-0.25, -0.2) is 0 Å². The van der Waals surface area contributed by atoms with Crippen LogP contribution in [0, 0.1) is 0 Å². The van der Waals surface area contributed by atoms with E-state index in [1.54, 1.807) is 19.5 Å². The molecule has 1 fully saturated rings. The Kier molecular flexibility index (Phi) is 5.13. The molecule has 0 bridgehead atoms. The zero-order valence-corrected chi connectivity index (χ0v) is 15.8. The number of nitrogens with one attached hydrogen (secondary N) is 1. The third-order valence-corrected chi connectivity index (χ3v) is 5.11. The molecule has 0 amide bonds. The Labute approximate surface area is 163 Å². The highest BCUT2D eigenvalue weighted by Gasteiger charge is 2.40. The topological polar surface area (TPSA) is 55.2 Å². The molecular weight excluding hydrogens is 358 g/mol. The summed E-state index contributed by atoms with van der Waals surface area (Å²) in [5.41, 5.74) is 3.17.